The molecule has 0 bridgehead atoms. The quantitative estimate of drug-likeness (QED) is 0.613. The van der Waals surface area contributed by atoms with Crippen molar-refractivity contribution < 1.29 is 4.79 Å². The van der Waals surface area contributed by atoms with E-state index in [4.69, 9.17) is 5.73 Å². The number of nitrogens with two attached hydrogens (primary N) is 1. The summed E-state index contributed by atoms with van der Waals surface area (Å²) in [6.07, 6.45) is 3.05. The molecule has 64 valence electrons. The van der Waals surface area contributed by atoms with E-state index in [-0.39, 0.29) is 11.9 Å². The van der Waals surface area contributed by atoms with Gasteiger partial charge < -0.3 is 11.1 Å². The summed E-state index contributed by atoms with van der Waals surface area (Å²) in [6, 6.07) is 0.183. The molecule has 0 aromatic heterocycles. The third-order valence-electron chi connectivity index (χ3n) is 2.07. The van der Waals surface area contributed by atoms with Gasteiger partial charge in [0, 0.05) is 18.5 Å². The van der Waals surface area contributed by atoms with Crippen LogP contribution in [0.2, 0.25) is 0 Å². The number of hydrogen-bond acceptors (Lipinski definition) is 2. The average molecular weight is 156 g/mol. The van der Waals surface area contributed by atoms with Crippen LogP contribution >= 0.6 is 0 Å². The normalized spacial score (nSPS) is 19.5. The molecule has 0 radical (unpaired) electrons. The molecule has 0 spiro atoms. The minimum atomic E-state index is 0.183. The van der Waals surface area contributed by atoms with Gasteiger partial charge in [0.2, 0.25) is 5.91 Å². The van der Waals surface area contributed by atoms with Crippen LogP contribution in [0.1, 0.15) is 26.2 Å². The van der Waals surface area contributed by atoms with Crippen molar-refractivity contribution in [3.05, 3.63) is 0 Å². The van der Waals surface area contributed by atoms with Gasteiger partial charge >= 0.3 is 0 Å². The van der Waals surface area contributed by atoms with E-state index < -0.39 is 0 Å². The van der Waals surface area contributed by atoms with Gasteiger partial charge in [-0.15, -0.1) is 0 Å². The standard InChI is InChI=1S/C8H16N2O/c1-2-7(5-9)10-8(11)6-3-4-6/h6-7H,2-5,9H2,1H3,(H,10,11). The van der Waals surface area contributed by atoms with Crippen molar-refractivity contribution in [2.24, 2.45) is 11.7 Å². The lowest BCUT2D eigenvalue weighted by Crippen LogP contribution is -2.40. The van der Waals surface area contributed by atoms with E-state index in [9.17, 15) is 4.79 Å². The first-order chi connectivity index (χ1) is 5.27. The van der Waals surface area contributed by atoms with Crippen LogP contribution in [-0.2, 0) is 4.79 Å². The second-order valence-corrected chi connectivity index (χ2v) is 3.12. The molecule has 1 amide bonds. The van der Waals surface area contributed by atoms with Crippen molar-refractivity contribution in [1.82, 2.24) is 5.32 Å². The summed E-state index contributed by atoms with van der Waals surface area (Å²) >= 11 is 0. The monoisotopic (exact) mass is 156 g/mol. The van der Waals surface area contributed by atoms with E-state index >= 15 is 0 Å². The summed E-state index contributed by atoms with van der Waals surface area (Å²) in [5.74, 6) is 0.498. The molecule has 3 N–H and O–H groups in total. The zero-order chi connectivity index (χ0) is 8.27. The third-order valence-corrected chi connectivity index (χ3v) is 2.07. The molecule has 0 aromatic rings. The molecule has 1 saturated carbocycles. The minimum Gasteiger partial charge on any atom is -0.352 e. The van der Waals surface area contributed by atoms with Crippen molar-refractivity contribution in [2.45, 2.75) is 32.2 Å². The number of rotatable bonds is 4. The number of hydrogen-bond donors (Lipinski definition) is 2. The maximum atomic E-state index is 11.2. The zero-order valence-electron chi connectivity index (χ0n) is 6.97. The first-order valence-electron chi connectivity index (χ1n) is 4.28. The Balaban J connectivity index is 2.20. The maximum Gasteiger partial charge on any atom is 0.223 e. The molecule has 0 saturated heterocycles. The molecular formula is C8H16N2O. The van der Waals surface area contributed by atoms with Crippen LogP contribution in [-0.4, -0.2) is 18.5 Å². The minimum absolute atomic E-state index is 0.183. The van der Waals surface area contributed by atoms with Crippen LogP contribution in [0.15, 0.2) is 0 Å². The summed E-state index contributed by atoms with van der Waals surface area (Å²) in [5.41, 5.74) is 5.44. The highest BCUT2D eigenvalue weighted by Gasteiger charge is 2.30. The lowest BCUT2D eigenvalue weighted by molar-refractivity contribution is -0.122. The van der Waals surface area contributed by atoms with E-state index in [0.717, 1.165) is 19.3 Å². The molecule has 1 unspecified atom stereocenters. The van der Waals surface area contributed by atoms with Crippen LogP contribution in [0.3, 0.4) is 0 Å². The molecule has 3 nitrogen and oxygen atoms in total. The van der Waals surface area contributed by atoms with Gasteiger partial charge in [-0.3, -0.25) is 4.79 Å². The Morgan fingerprint density at radius 3 is 2.73 bits per heavy atom. The first kappa shape index (κ1) is 8.53. The molecule has 1 rings (SSSR count). The lowest BCUT2D eigenvalue weighted by Gasteiger charge is -2.13. The Morgan fingerprint density at radius 2 is 2.36 bits per heavy atom. The predicted octanol–water partition coefficient (Wildman–Crippen LogP) is 0.250. The van der Waals surface area contributed by atoms with Gasteiger partial charge in [0.1, 0.15) is 0 Å². The Labute approximate surface area is 67.3 Å². The van der Waals surface area contributed by atoms with Crippen molar-refractivity contribution in [2.75, 3.05) is 6.54 Å². The van der Waals surface area contributed by atoms with E-state index in [1.54, 1.807) is 0 Å². The maximum absolute atomic E-state index is 11.2. The Bertz CT molecular complexity index is 139. The molecule has 0 heterocycles. The van der Waals surface area contributed by atoms with Crippen LogP contribution < -0.4 is 11.1 Å². The van der Waals surface area contributed by atoms with Crippen molar-refractivity contribution in [3.8, 4) is 0 Å². The number of carbonyl (C=O) groups is 1. The molecule has 1 aliphatic carbocycles. The Kier molecular flexibility index (Phi) is 2.88. The molecule has 11 heavy (non-hydrogen) atoms. The Morgan fingerprint density at radius 1 is 1.73 bits per heavy atom. The van der Waals surface area contributed by atoms with Gasteiger partial charge in [0.25, 0.3) is 0 Å². The molecule has 3 heteroatoms. The summed E-state index contributed by atoms with van der Waals surface area (Å²) in [6.45, 7) is 2.58. The van der Waals surface area contributed by atoms with Crippen molar-refractivity contribution >= 4 is 5.91 Å². The van der Waals surface area contributed by atoms with Gasteiger partial charge in [-0.25, -0.2) is 0 Å². The average Bonchev–Trinajstić information content (AvgIpc) is 2.81. The number of nitrogens with one attached hydrogen (secondary N) is 1. The fourth-order valence-electron chi connectivity index (χ4n) is 0.992. The third kappa shape index (κ3) is 2.50. The first-order valence-corrected chi connectivity index (χ1v) is 4.28. The fraction of sp³-hybridized carbons (Fsp3) is 0.875. The fourth-order valence-corrected chi connectivity index (χ4v) is 0.992. The highest BCUT2D eigenvalue weighted by atomic mass is 16.2. The predicted molar refractivity (Wildman–Crippen MR) is 44.0 cm³/mol. The summed E-state index contributed by atoms with van der Waals surface area (Å²) in [4.78, 5) is 11.2. The van der Waals surface area contributed by atoms with E-state index in [2.05, 4.69) is 5.32 Å². The lowest BCUT2D eigenvalue weighted by atomic mass is 10.2. The largest absolute Gasteiger partial charge is 0.352 e. The molecular weight excluding hydrogens is 140 g/mol. The van der Waals surface area contributed by atoms with Crippen molar-refractivity contribution in [3.63, 3.8) is 0 Å². The summed E-state index contributed by atoms with van der Waals surface area (Å²) in [5, 5.41) is 2.91. The number of carbonyl (C=O) groups excluding carboxylic acids is 1. The zero-order valence-corrected chi connectivity index (χ0v) is 6.97. The SMILES string of the molecule is CCC(CN)NC(=O)C1CC1. The highest BCUT2D eigenvalue weighted by molar-refractivity contribution is 5.81. The van der Waals surface area contributed by atoms with E-state index in [0.29, 0.717) is 12.5 Å². The van der Waals surface area contributed by atoms with E-state index in [1.165, 1.54) is 0 Å². The van der Waals surface area contributed by atoms with Gasteiger partial charge in [-0.1, -0.05) is 6.92 Å². The summed E-state index contributed by atoms with van der Waals surface area (Å²) < 4.78 is 0. The smallest absolute Gasteiger partial charge is 0.223 e. The topological polar surface area (TPSA) is 55.1 Å². The molecule has 1 fully saturated rings. The van der Waals surface area contributed by atoms with Gasteiger partial charge in [-0.05, 0) is 19.3 Å². The van der Waals surface area contributed by atoms with Crippen LogP contribution in [0.4, 0.5) is 0 Å². The van der Waals surface area contributed by atoms with Gasteiger partial charge in [0.05, 0.1) is 0 Å². The second kappa shape index (κ2) is 3.72. The molecule has 0 aliphatic heterocycles. The second-order valence-electron chi connectivity index (χ2n) is 3.12. The molecule has 1 aliphatic rings. The number of amides is 1. The highest BCUT2D eigenvalue weighted by Crippen LogP contribution is 2.28. The Hall–Kier alpha value is -0.570. The van der Waals surface area contributed by atoms with E-state index in [1.807, 2.05) is 6.92 Å². The van der Waals surface area contributed by atoms with Gasteiger partial charge in [-0.2, -0.15) is 0 Å². The van der Waals surface area contributed by atoms with Crippen molar-refractivity contribution in [1.29, 1.82) is 0 Å². The van der Waals surface area contributed by atoms with Crippen LogP contribution in [0, 0.1) is 5.92 Å². The summed E-state index contributed by atoms with van der Waals surface area (Å²) in [7, 11) is 0. The van der Waals surface area contributed by atoms with Gasteiger partial charge in [0.15, 0.2) is 0 Å². The van der Waals surface area contributed by atoms with Crippen LogP contribution in [0.5, 0.6) is 0 Å². The molecule has 1 atom stereocenters. The van der Waals surface area contributed by atoms with Crippen LogP contribution in [0.25, 0.3) is 0 Å². The molecule has 0 aromatic carbocycles.